The first-order chi connectivity index (χ1) is 7.74. The zero-order valence-corrected chi connectivity index (χ0v) is 10.2. The maximum atomic E-state index is 5.94. The Morgan fingerprint density at radius 3 is 2.94 bits per heavy atom. The van der Waals surface area contributed by atoms with Crippen LogP contribution < -0.4 is 10.7 Å². The van der Waals surface area contributed by atoms with Crippen LogP contribution >= 0.6 is 23.8 Å². The molecular formula is C11H12ClN3S. The molecule has 0 radical (unpaired) electrons. The van der Waals surface area contributed by atoms with Crippen molar-refractivity contribution in [2.24, 2.45) is 5.10 Å². The van der Waals surface area contributed by atoms with Gasteiger partial charge in [0.25, 0.3) is 0 Å². The van der Waals surface area contributed by atoms with Gasteiger partial charge in [0.15, 0.2) is 5.11 Å². The lowest BCUT2D eigenvalue weighted by Gasteiger charge is -2.03. The third-order valence-corrected chi connectivity index (χ3v) is 2.26. The first-order valence-electron chi connectivity index (χ1n) is 4.66. The molecule has 0 aliphatic rings. The van der Waals surface area contributed by atoms with Crippen molar-refractivity contribution in [3.63, 3.8) is 0 Å². The minimum absolute atomic E-state index is 0.447. The number of nitrogens with zero attached hydrogens (tertiary/aromatic N) is 1. The van der Waals surface area contributed by atoms with Gasteiger partial charge in [-0.3, -0.25) is 5.43 Å². The largest absolute Gasteiger partial charge is 0.358 e. The Kier molecular flexibility index (Phi) is 5.53. The highest BCUT2D eigenvalue weighted by Crippen LogP contribution is 2.11. The molecule has 1 aromatic carbocycles. The topological polar surface area (TPSA) is 36.4 Å². The van der Waals surface area contributed by atoms with Gasteiger partial charge in [-0.2, -0.15) is 5.10 Å². The summed E-state index contributed by atoms with van der Waals surface area (Å²) >= 11 is 10.9. The summed E-state index contributed by atoms with van der Waals surface area (Å²) in [5.41, 5.74) is 3.51. The second kappa shape index (κ2) is 6.98. The van der Waals surface area contributed by atoms with Crippen LogP contribution in [0.5, 0.6) is 0 Å². The average molecular weight is 254 g/mol. The van der Waals surface area contributed by atoms with Crippen molar-refractivity contribution < 1.29 is 0 Å². The van der Waals surface area contributed by atoms with E-state index in [1.54, 1.807) is 18.4 Å². The summed E-state index contributed by atoms with van der Waals surface area (Å²) in [6.07, 6.45) is 3.33. The Hall–Kier alpha value is -1.39. The molecule has 84 valence electrons. The van der Waals surface area contributed by atoms with Gasteiger partial charge in [0.1, 0.15) is 0 Å². The van der Waals surface area contributed by atoms with Crippen LogP contribution in [-0.2, 0) is 0 Å². The summed E-state index contributed by atoms with van der Waals surface area (Å²) in [5, 5.41) is 7.94. The molecule has 0 aliphatic carbocycles. The van der Waals surface area contributed by atoms with E-state index in [-0.39, 0.29) is 0 Å². The van der Waals surface area contributed by atoms with Crippen LogP contribution in [0.25, 0.3) is 0 Å². The van der Waals surface area contributed by atoms with E-state index in [1.807, 2.05) is 18.2 Å². The molecule has 2 N–H and O–H groups in total. The molecule has 16 heavy (non-hydrogen) atoms. The molecule has 0 heterocycles. The zero-order valence-electron chi connectivity index (χ0n) is 8.61. The van der Waals surface area contributed by atoms with E-state index in [2.05, 4.69) is 22.4 Å². The van der Waals surface area contributed by atoms with Crippen LogP contribution in [-0.4, -0.2) is 17.9 Å². The van der Waals surface area contributed by atoms with Crippen molar-refractivity contribution >= 4 is 35.1 Å². The van der Waals surface area contributed by atoms with Crippen LogP contribution in [0, 0.1) is 0 Å². The monoisotopic (exact) mass is 253 g/mol. The maximum Gasteiger partial charge on any atom is 0.187 e. The Bertz CT molecular complexity index is 404. The summed E-state index contributed by atoms with van der Waals surface area (Å²) in [6, 6.07) is 7.43. The van der Waals surface area contributed by atoms with Crippen molar-refractivity contribution in [2.75, 3.05) is 6.54 Å². The zero-order chi connectivity index (χ0) is 11.8. The highest BCUT2D eigenvalue weighted by atomic mass is 35.5. The smallest absolute Gasteiger partial charge is 0.187 e. The number of halogens is 1. The summed E-state index contributed by atoms with van der Waals surface area (Å²) < 4.78 is 0. The lowest BCUT2D eigenvalue weighted by molar-refractivity contribution is 0.942. The summed E-state index contributed by atoms with van der Waals surface area (Å²) in [5.74, 6) is 0. The van der Waals surface area contributed by atoms with Gasteiger partial charge >= 0.3 is 0 Å². The first-order valence-corrected chi connectivity index (χ1v) is 5.45. The van der Waals surface area contributed by atoms with Crippen LogP contribution in [0.3, 0.4) is 0 Å². The maximum absolute atomic E-state index is 5.94. The highest BCUT2D eigenvalue weighted by molar-refractivity contribution is 7.80. The number of rotatable bonds is 4. The third-order valence-electron chi connectivity index (χ3n) is 1.68. The molecule has 0 atom stereocenters. The van der Waals surface area contributed by atoms with Gasteiger partial charge in [-0.15, -0.1) is 6.58 Å². The predicted molar refractivity (Wildman–Crippen MR) is 73.0 cm³/mol. The molecular weight excluding hydrogens is 242 g/mol. The van der Waals surface area contributed by atoms with E-state index in [0.29, 0.717) is 16.7 Å². The Labute approximate surface area is 105 Å². The average Bonchev–Trinajstić information content (AvgIpc) is 2.29. The SMILES string of the molecule is C=CCNC(=S)NN=Cc1ccccc1Cl. The summed E-state index contributed by atoms with van der Waals surface area (Å²) in [6.45, 7) is 4.17. The van der Waals surface area contributed by atoms with Crippen molar-refractivity contribution in [1.29, 1.82) is 0 Å². The molecule has 1 rings (SSSR count). The number of hydrogen-bond acceptors (Lipinski definition) is 2. The van der Waals surface area contributed by atoms with Gasteiger partial charge < -0.3 is 5.32 Å². The fourth-order valence-corrected chi connectivity index (χ4v) is 1.27. The van der Waals surface area contributed by atoms with Gasteiger partial charge in [0, 0.05) is 17.1 Å². The minimum atomic E-state index is 0.447. The van der Waals surface area contributed by atoms with E-state index in [9.17, 15) is 0 Å². The van der Waals surface area contributed by atoms with Crippen LogP contribution in [0.2, 0.25) is 5.02 Å². The van der Waals surface area contributed by atoms with Gasteiger partial charge in [0.05, 0.1) is 6.21 Å². The van der Waals surface area contributed by atoms with Crippen LogP contribution in [0.4, 0.5) is 0 Å². The van der Waals surface area contributed by atoms with E-state index in [0.717, 1.165) is 5.56 Å². The third kappa shape index (κ3) is 4.42. The highest BCUT2D eigenvalue weighted by Gasteiger charge is 1.94. The van der Waals surface area contributed by atoms with Crippen molar-refractivity contribution in [1.82, 2.24) is 10.7 Å². The number of thiocarbonyl (C=S) groups is 1. The molecule has 0 amide bonds. The van der Waals surface area contributed by atoms with Gasteiger partial charge in [-0.05, 0) is 18.3 Å². The fraction of sp³-hybridized carbons (Fsp3) is 0.0909. The van der Waals surface area contributed by atoms with E-state index in [1.165, 1.54) is 0 Å². The van der Waals surface area contributed by atoms with Gasteiger partial charge in [-0.25, -0.2) is 0 Å². The Balaban J connectivity index is 2.46. The number of hydrazone groups is 1. The van der Waals surface area contributed by atoms with Crippen molar-refractivity contribution in [3.8, 4) is 0 Å². The predicted octanol–water partition coefficient (Wildman–Crippen LogP) is 2.32. The molecule has 0 saturated carbocycles. The van der Waals surface area contributed by atoms with Crippen molar-refractivity contribution in [2.45, 2.75) is 0 Å². The number of nitrogens with one attached hydrogen (secondary N) is 2. The molecule has 0 spiro atoms. The van der Waals surface area contributed by atoms with Gasteiger partial charge in [0.2, 0.25) is 0 Å². The molecule has 0 bridgehead atoms. The molecule has 0 aromatic heterocycles. The second-order valence-electron chi connectivity index (χ2n) is 2.89. The molecule has 3 nitrogen and oxygen atoms in total. The number of benzene rings is 1. The fourth-order valence-electron chi connectivity index (χ4n) is 0.945. The quantitative estimate of drug-likeness (QED) is 0.374. The summed E-state index contributed by atoms with van der Waals surface area (Å²) in [7, 11) is 0. The Morgan fingerprint density at radius 2 is 2.25 bits per heavy atom. The van der Waals surface area contributed by atoms with Gasteiger partial charge in [-0.1, -0.05) is 35.9 Å². The van der Waals surface area contributed by atoms with Crippen LogP contribution in [0.1, 0.15) is 5.56 Å². The molecule has 0 saturated heterocycles. The van der Waals surface area contributed by atoms with Crippen LogP contribution in [0.15, 0.2) is 42.0 Å². The lowest BCUT2D eigenvalue weighted by Crippen LogP contribution is -2.31. The number of hydrogen-bond donors (Lipinski definition) is 2. The first kappa shape index (κ1) is 12.7. The van der Waals surface area contributed by atoms with Crippen molar-refractivity contribution in [3.05, 3.63) is 47.5 Å². The lowest BCUT2D eigenvalue weighted by atomic mass is 10.2. The normalized spacial score (nSPS) is 10.1. The Morgan fingerprint density at radius 1 is 1.50 bits per heavy atom. The molecule has 0 aliphatic heterocycles. The van der Waals surface area contributed by atoms with E-state index >= 15 is 0 Å². The second-order valence-corrected chi connectivity index (χ2v) is 3.71. The standard InChI is InChI=1S/C11H12ClN3S/c1-2-7-13-11(16)15-14-8-9-5-3-4-6-10(9)12/h2-6,8H,1,7H2,(H2,13,15,16). The molecule has 5 heteroatoms. The molecule has 0 fully saturated rings. The summed E-state index contributed by atoms with van der Waals surface area (Å²) in [4.78, 5) is 0. The van der Waals surface area contributed by atoms with E-state index < -0.39 is 0 Å². The van der Waals surface area contributed by atoms with E-state index in [4.69, 9.17) is 23.8 Å². The molecule has 0 unspecified atom stereocenters. The molecule has 1 aromatic rings. The minimum Gasteiger partial charge on any atom is -0.358 e.